The van der Waals surface area contributed by atoms with Crippen LogP contribution in [0.4, 0.5) is 5.82 Å². The van der Waals surface area contributed by atoms with Crippen molar-refractivity contribution in [2.24, 2.45) is 0 Å². The van der Waals surface area contributed by atoms with Gasteiger partial charge in [-0.1, -0.05) is 12.2 Å². The Morgan fingerprint density at radius 3 is 3.18 bits per heavy atom. The van der Waals surface area contributed by atoms with Gasteiger partial charge in [-0.25, -0.2) is 4.98 Å². The van der Waals surface area contributed by atoms with Gasteiger partial charge in [0.1, 0.15) is 11.9 Å². The van der Waals surface area contributed by atoms with Gasteiger partial charge >= 0.3 is 0 Å². The predicted molar refractivity (Wildman–Crippen MR) is 46.2 cm³/mol. The highest BCUT2D eigenvalue weighted by atomic mass is 32.1. The summed E-state index contributed by atoms with van der Waals surface area (Å²) < 4.78 is 0. The standard InChI is InChI=1S/C7H5N3S/c8-4-6-2-1-3-9-7(6)10-5-11/h1-3,5H,(H,9,10,11). The number of nitriles is 1. The molecule has 0 unspecified atom stereocenters. The molecule has 1 heterocycles. The molecular formula is C7H5N3S. The molecule has 0 fully saturated rings. The van der Waals surface area contributed by atoms with E-state index in [1.54, 1.807) is 18.3 Å². The molecule has 3 nitrogen and oxygen atoms in total. The summed E-state index contributed by atoms with van der Waals surface area (Å²) in [4.78, 5) is 3.91. The smallest absolute Gasteiger partial charge is 0.148 e. The topological polar surface area (TPSA) is 48.7 Å². The SMILES string of the molecule is N#Cc1cccnc1NC=S. The monoisotopic (exact) mass is 163 g/mol. The van der Waals surface area contributed by atoms with Crippen LogP contribution in [0, 0.1) is 11.3 Å². The Hall–Kier alpha value is -1.47. The highest BCUT2D eigenvalue weighted by Gasteiger charge is 1.97. The quantitative estimate of drug-likeness (QED) is 0.668. The number of pyridine rings is 1. The second-order valence-corrected chi connectivity index (χ2v) is 2.01. The van der Waals surface area contributed by atoms with Crippen molar-refractivity contribution in [3.05, 3.63) is 23.9 Å². The number of thiocarbonyl (C=S) groups is 1. The lowest BCUT2D eigenvalue weighted by atomic mass is 10.3. The number of nitrogens with one attached hydrogen (secondary N) is 1. The van der Waals surface area contributed by atoms with Gasteiger partial charge in [0, 0.05) is 6.20 Å². The number of aromatic nitrogens is 1. The van der Waals surface area contributed by atoms with E-state index in [1.807, 2.05) is 6.07 Å². The number of rotatable bonds is 2. The molecule has 0 spiro atoms. The van der Waals surface area contributed by atoms with Gasteiger partial charge in [0.25, 0.3) is 0 Å². The highest BCUT2D eigenvalue weighted by Crippen LogP contribution is 2.07. The molecule has 0 saturated heterocycles. The minimum absolute atomic E-state index is 0.494. The summed E-state index contributed by atoms with van der Waals surface area (Å²) in [5.74, 6) is 0.505. The first-order valence-corrected chi connectivity index (χ1v) is 3.41. The summed E-state index contributed by atoms with van der Waals surface area (Å²) in [5.41, 5.74) is 1.82. The maximum absolute atomic E-state index is 8.57. The van der Waals surface area contributed by atoms with Crippen molar-refractivity contribution in [1.82, 2.24) is 4.98 Å². The van der Waals surface area contributed by atoms with Gasteiger partial charge < -0.3 is 5.32 Å². The highest BCUT2D eigenvalue weighted by molar-refractivity contribution is 7.79. The zero-order chi connectivity index (χ0) is 8.10. The molecule has 0 amide bonds. The third kappa shape index (κ3) is 1.72. The van der Waals surface area contributed by atoms with Crippen molar-refractivity contribution in [2.45, 2.75) is 0 Å². The molecule has 0 aliphatic rings. The fourth-order valence-corrected chi connectivity index (χ4v) is 0.778. The molecule has 1 N–H and O–H groups in total. The zero-order valence-corrected chi connectivity index (χ0v) is 6.43. The Kier molecular flexibility index (Phi) is 2.53. The summed E-state index contributed by atoms with van der Waals surface area (Å²) in [7, 11) is 0. The van der Waals surface area contributed by atoms with E-state index in [0.717, 1.165) is 0 Å². The second kappa shape index (κ2) is 3.64. The Morgan fingerprint density at radius 2 is 2.55 bits per heavy atom. The van der Waals surface area contributed by atoms with Crippen molar-refractivity contribution in [3.8, 4) is 6.07 Å². The van der Waals surface area contributed by atoms with E-state index in [2.05, 4.69) is 22.5 Å². The molecule has 0 aliphatic carbocycles. The van der Waals surface area contributed by atoms with Crippen LogP contribution < -0.4 is 5.32 Å². The van der Waals surface area contributed by atoms with Gasteiger partial charge in [0.05, 0.1) is 11.1 Å². The fourth-order valence-electron chi connectivity index (χ4n) is 0.666. The van der Waals surface area contributed by atoms with Gasteiger partial charge in [0.15, 0.2) is 0 Å². The van der Waals surface area contributed by atoms with Crippen LogP contribution in [0.15, 0.2) is 18.3 Å². The van der Waals surface area contributed by atoms with Gasteiger partial charge in [-0.3, -0.25) is 0 Å². The molecule has 1 aromatic heterocycles. The maximum Gasteiger partial charge on any atom is 0.148 e. The summed E-state index contributed by atoms with van der Waals surface area (Å²) >= 11 is 4.56. The van der Waals surface area contributed by atoms with Crippen LogP contribution >= 0.6 is 12.2 Å². The molecule has 0 bridgehead atoms. The molecule has 0 atom stereocenters. The minimum atomic E-state index is 0.494. The van der Waals surface area contributed by atoms with Crippen molar-refractivity contribution < 1.29 is 0 Å². The fraction of sp³-hybridized carbons (Fsp3) is 0. The Labute approximate surface area is 69.7 Å². The van der Waals surface area contributed by atoms with E-state index in [0.29, 0.717) is 11.4 Å². The van der Waals surface area contributed by atoms with Crippen molar-refractivity contribution in [2.75, 3.05) is 5.32 Å². The van der Waals surface area contributed by atoms with Crippen LogP contribution in [0.2, 0.25) is 0 Å². The maximum atomic E-state index is 8.57. The average molecular weight is 163 g/mol. The molecule has 0 aromatic carbocycles. The lowest BCUT2D eigenvalue weighted by Crippen LogP contribution is -1.97. The first kappa shape index (κ1) is 7.63. The molecule has 11 heavy (non-hydrogen) atoms. The number of hydrogen-bond donors (Lipinski definition) is 1. The molecule has 0 aliphatic heterocycles. The molecule has 1 rings (SSSR count). The van der Waals surface area contributed by atoms with Gasteiger partial charge in [-0.2, -0.15) is 5.26 Å². The Bertz CT molecular complexity index is 303. The van der Waals surface area contributed by atoms with E-state index >= 15 is 0 Å². The first-order valence-electron chi connectivity index (χ1n) is 2.94. The first-order chi connectivity index (χ1) is 5.38. The number of nitrogens with zero attached hydrogens (tertiary/aromatic N) is 2. The number of anilines is 1. The van der Waals surface area contributed by atoms with E-state index in [1.165, 1.54) is 5.49 Å². The Balaban J connectivity index is 3.04. The lowest BCUT2D eigenvalue weighted by Gasteiger charge is -1.98. The number of hydrogen-bond acceptors (Lipinski definition) is 3. The summed E-state index contributed by atoms with van der Waals surface area (Å²) in [5, 5.41) is 11.3. The second-order valence-electron chi connectivity index (χ2n) is 1.77. The normalized spacial score (nSPS) is 8.27. The van der Waals surface area contributed by atoms with Crippen LogP contribution in [0.5, 0.6) is 0 Å². The van der Waals surface area contributed by atoms with Crippen LogP contribution in [0.25, 0.3) is 0 Å². The minimum Gasteiger partial charge on any atom is -0.336 e. The van der Waals surface area contributed by atoms with E-state index < -0.39 is 0 Å². The van der Waals surface area contributed by atoms with Crippen LogP contribution in [0.1, 0.15) is 5.56 Å². The third-order valence-electron chi connectivity index (χ3n) is 1.12. The van der Waals surface area contributed by atoms with E-state index in [9.17, 15) is 0 Å². The van der Waals surface area contributed by atoms with Crippen LogP contribution in [0.3, 0.4) is 0 Å². The van der Waals surface area contributed by atoms with Gasteiger partial charge in [0.2, 0.25) is 0 Å². The molecule has 0 radical (unpaired) electrons. The molecule has 1 aromatic rings. The lowest BCUT2D eigenvalue weighted by molar-refractivity contribution is 1.30. The largest absolute Gasteiger partial charge is 0.336 e. The van der Waals surface area contributed by atoms with Crippen LogP contribution in [-0.4, -0.2) is 10.5 Å². The van der Waals surface area contributed by atoms with Gasteiger partial charge in [-0.15, -0.1) is 0 Å². The zero-order valence-electron chi connectivity index (χ0n) is 5.61. The van der Waals surface area contributed by atoms with E-state index in [-0.39, 0.29) is 0 Å². The van der Waals surface area contributed by atoms with Crippen molar-refractivity contribution in [3.63, 3.8) is 0 Å². The van der Waals surface area contributed by atoms with Crippen molar-refractivity contribution >= 4 is 23.5 Å². The van der Waals surface area contributed by atoms with Crippen molar-refractivity contribution in [1.29, 1.82) is 5.26 Å². The Morgan fingerprint density at radius 1 is 1.73 bits per heavy atom. The van der Waals surface area contributed by atoms with E-state index in [4.69, 9.17) is 5.26 Å². The average Bonchev–Trinajstić information content (AvgIpc) is 2.06. The molecule has 4 heteroatoms. The predicted octanol–water partition coefficient (Wildman–Crippen LogP) is 1.32. The van der Waals surface area contributed by atoms with Crippen LogP contribution in [-0.2, 0) is 0 Å². The molecule has 54 valence electrons. The summed E-state index contributed by atoms with van der Waals surface area (Å²) in [6.07, 6.45) is 1.60. The summed E-state index contributed by atoms with van der Waals surface area (Å²) in [6.45, 7) is 0. The third-order valence-corrected chi connectivity index (χ3v) is 1.24. The van der Waals surface area contributed by atoms with Gasteiger partial charge in [-0.05, 0) is 12.1 Å². The summed E-state index contributed by atoms with van der Waals surface area (Å²) in [6, 6.07) is 5.37. The molecule has 0 saturated carbocycles. The molecular weight excluding hydrogens is 158 g/mol.